The third-order valence-electron chi connectivity index (χ3n) is 3.09. The molecule has 0 atom stereocenters. The standard InChI is InChI=1S/C12H15F2NOS/c13-12(14)3-5-15(6-4-12)10-1-2-11(17)9(7-10)8-16/h1-2,7,16-17H,3-6,8H2. The fraction of sp³-hybridized carbons (Fsp3) is 0.500. The van der Waals surface area contributed by atoms with Crippen LogP contribution in [0.2, 0.25) is 0 Å². The second-order valence-corrected chi connectivity index (χ2v) is 4.80. The van der Waals surface area contributed by atoms with Crippen LogP contribution in [0.4, 0.5) is 14.5 Å². The van der Waals surface area contributed by atoms with E-state index >= 15 is 0 Å². The Bertz CT molecular complexity index is 401. The van der Waals surface area contributed by atoms with Crippen LogP contribution in [0, 0.1) is 0 Å². The number of hydrogen-bond acceptors (Lipinski definition) is 3. The molecular formula is C12H15F2NOS. The van der Waals surface area contributed by atoms with Gasteiger partial charge < -0.3 is 10.0 Å². The van der Waals surface area contributed by atoms with Gasteiger partial charge in [-0.3, -0.25) is 0 Å². The van der Waals surface area contributed by atoms with Crippen molar-refractivity contribution in [2.45, 2.75) is 30.3 Å². The van der Waals surface area contributed by atoms with Crippen molar-refractivity contribution in [3.8, 4) is 0 Å². The summed E-state index contributed by atoms with van der Waals surface area (Å²) in [6.45, 7) is 0.615. The lowest BCUT2D eigenvalue weighted by atomic mass is 10.1. The predicted molar refractivity (Wildman–Crippen MR) is 66.0 cm³/mol. The largest absolute Gasteiger partial charge is 0.392 e. The summed E-state index contributed by atoms with van der Waals surface area (Å²) in [5, 5.41) is 9.14. The van der Waals surface area contributed by atoms with E-state index in [1.54, 1.807) is 6.07 Å². The van der Waals surface area contributed by atoms with Gasteiger partial charge in [-0.05, 0) is 23.8 Å². The first-order valence-electron chi connectivity index (χ1n) is 5.57. The molecule has 0 saturated carbocycles. The topological polar surface area (TPSA) is 23.5 Å². The van der Waals surface area contributed by atoms with Gasteiger partial charge in [0.15, 0.2) is 0 Å². The SMILES string of the molecule is OCc1cc(N2CCC(F)(F)CC2)ccc1S. The zero-order valence-corrected chi connectivity index (χ0v) is 10.3. The van der Waals surface area contributed by atoms with Crippen LogP contribution < -0.4 is 4.90 Å². The molecule has 1 N–H and O–H groups in total. The van der Waals surface area contributed by atoms with Crippen molar-refractivity contribution in [1.29, 1.82) is 0 Å². The summed E-state index contributed by atoms with van der Waals surface area (Å²) in [5.41, 5.74) is 1.60. The average molecular weight is 259 g/mol. The molecule has 5 heteroatoms. The van der Waals surface area contributed by atoms with E-state index in [9.17, 15) is 8.78 Å². The Kier molecular flexibility index (Phi) is 3.58. The Morgan fingerprint density at radius 3 is 2.53 bits per heavy atom. The molecule has 2 rings (SSSR count). The van der Waals surface area contributed by atoms with Crippen LogP contribution in [0.1, 0.15) is 18.4 Å². The summed E-state index contributed by atoms with van der Waals surface area (Å²) >= 11 is 4.22. The maximum atomic E-state index is 13.0. The molecule has 0 aliphatic carbocycles. The third kappa shape index (κ3) is 2.90. The first kappa shape index (κ1) is 12.6. The lowest BCUT2D eigenvalue weighted by Gasteiger charge is -2.33. The second kappa shape index (κ2) is 4.82. The highest BCUT2D eigenvalue weighted by Crippen LogP contribution is 2.31. The van der Waals surface area contributed by atoms with E-state index in [-0.39, 0.29) is 19.4 Å². The zero-order valence-electron chi connectivity index (χ0n) is 9.37. The number of benzene rings is 1. The first-order chi connectivity index (χ1) is 8.02. The fourth-order valence-corrected chi connectivity index (χ4v) is 2.20. The molecule has 17 heavy (non-hydrogen) atoms. The van der Waals surface area contributed by atoms with E-state index in [4.69, 9.17) is 5.11 Å². The normalized spacial score (nSPS) is 19.4. The molecule has 94 valence electrons. The van der Waals surface area contributed by atoms with Crippen molar-refractivity contribution in [3.63, 3.8) is 0 Å². The van der Waals surface area contributed by atoms with Gasteiger partial charge in [0.1, 0.15) is 0 Å². The molecule has 1 aliphatic heterocycles. The second-order valence-electron chi connectivity index (χ2n) is 4.31. The smallest absolute Gasteiger partial charge is 0.251 e. The summed E-state index contributed by atoms with van der Waals surface area (Å²) in [6, 6.07) is 5.45. The summed E-state index contributed by atoms with van der Waals surface area (Å²) in [4.78, 5) is 2.64. The Morgan fingerprint density at radius 2 is 1.94 bits per heavy atom. The van der Waals surface area contributed by atoms with Crippen molar-refractivity contribution in [1.82, 2.24) is 0 Å². The maximum Gasteiger partial charge on any atom is 0.251 e. The van der Waals surface area contributed by atoms with Crippen LogP contribution in [-0.2, 0) is 6.61 Å². The minimum Gasteiger partial charge on any atom is -0.392 e. The van der Waals surface area contributed by atoms with Crippen molar-refractivity contribution < 1.29 is 13.9 Å². The van der Waals surface area contributed by atoms with Crippen LogP contribution in [0.15, 0.2) is 23.1 Å². The van der Waals surface area contributed by atoms with E-state index in [1.165, 1.54) is 0 Å². The Morgan fingerprint density at radius 1 is 1.29 bits per heavy atom. The number of halogens is 2. The molecule has 0 bridgehead atoms. The molecule has 0 unspecified atom stereocenters. The molecule has 2 nitrogen and oxygen atoms in total. The van der Waals surface area contributed by atoms with Gasteiger partial charge in [-0.15, -0.1) is 12.6 Å². The molecular weight excluding hydrogens is 244 g/mol. The van der Waals surface area contributed by atoms with Gasteiger partial charge in [-0.1, -0.05) is 0 Å². The Balaban J connectivity index is 2.13. The maximum absolute atomic E-state index is 13.0. The van der Waals surface area contributed by atoms with Gasteiger partial charge in [-0.25, -0.2) is 8.78 Å². The van der Waals surface area contributed by atoms with Gasteiger partial charge in [-0.2, -0.15) is 0 Å². The molecule has 1 saturated heterocycles. The van der Waals surface area contributed by atoms with Crippen molar-refractivity contribution in [3.05, 3.63) is 23.8 Å². The third-order valence-corrected chi connectivity index (χ3v) is 3.53. The molecule has 0 spiro atoms. The molecule has 0 amide bonds. The molecule has 0 aromatic heterocycles. The predicted octanol–water partition coefficient (Wildman–Crippen LogP) is 2.70. The molecule has 0 radical (unpaired) electrons. The zero-order chi connectivity index (χ0) is 12.5. The van der Waals surface area contributed by atoms with Crippen molar-refractivity contribution >= 4 is 18.3 Å². The molecule has 1 fully saturated rings. The van der Waals surface area contributed by atoms with Crippen LogP contribution >= 0.6 is 12.6 Å². The van der Waals surface area contributed by atoms with Crippen LogP contribution in [0.3, 0.4) is 0 Å². The number of rotatable bonds is 2. The van der Waals surface area contributed by atoms with Gasteiger partial charge in [0, 0.05) is 36.5 Å². The van der Waals surface area contributed by atoms with E-state index in [0.717, 1.165) is 16.1 Å². The lowest BCUT2D eigenvalue weighted by molar-refractivity contribution is -0.0220. The summed E-state index contributed by atoms with van der Waals surface area (Å²) < 4.78 is 26.0. The highest BCUT2D eigenvalue weighted by Gasteiger charge is 2.34. The number of aliphatic hydroxyl groups is 1. The quantitative estimate of drug-likeness (QED) is 0.798. The van der Waals surface area contributed by atoms with Gasteiger partial charge in [0.25, 0.3) is 5.92 Å². The lowest BCUT2D eigenvalue weighted by Crippen LogP contribution is -2.39. The number of thiol groups is 1. The summed E-state index contributed by atoms with van der Waals surface area (Å²) in [6.07, 6.45) is -0.214. The number of anilines is 1. The number of piperidine rings is 1. The molecule has 1 aromatic carbocycles. The fourth-order valence-electron chi connectivity index (χ4n) is 1.99. The number of alkyl halides is 2. The minimum atomic E-state index is -2.53. The number of nitrogens with zero attached hydrogens (tertiary/aromatic N) is 1. The number of aliphatic hydroxyl groups excluding tert-OH is 1. The summed E-state index contributed by atoms with van der Waals surface area (Å²) in [7, 11) is 0. The Labute approximate surface area is 105 Å². The monoisotopic (exact) mass is 259 g/mol. The van der Waals surface area contributed by atoms with E-state index < -0.39 is 5.92 Å². The number of hydrogen-bond donors (Lipinski definition) is 2. The molecule has 1 aromatic rings. The molecule has 1 aliphatic rings. The molecule has 1 heterocycles. The highest BCUT2D eigenvalue weighted by atomic mass is 32.1. The van der Waals surface area contributed by atoms with Crippen LogP contribution in [0.5, 0.6) is 0 Å². The van der Waals surface area contributed by atoms with Crippen molar-refractivity contribution in [2.24, 2.45) is 0 Å². The summed E-state index contributed by atoms with van der Waals surface area (Å²) in [5.74, 6) is -2.53. The first-order valence-corrected chi connectivity index (χ1v) is 6.02. The van der Waals surface area contributed by atoms with E-state index in [0.29, 0.717) is 13.1 Å². The highest BCUT2D eigenvalue weighted by molar-refractivity contribution is 7.80. The van der Waals surface area contributed by atoms with Gasteiger partial charge in [0.05, 0.1) is 6.61 Å². The Hall–Kier alpha value is -0.810. The van der Waals surface area contributed by atoms with Crippen LogP contribution in [-0.4, -0.2) is 24.1 Å². The van der Waals surface area contributed by atoms with Crippen LogP contribution in [0.25, 0.3) is 0 Å². The minimum absolute atomic E-state index is 0.0866. The average Bonchev–Trinajstić information content (AvgIpc) is 2.30. The van der Waals surface area contributed by atoms with Gasteiger partial charge >= 0.3 is 0 Å². The van der Waals surface area contributed by atoms with E-state index in [2.05, 4.69) is 12.6 Å². The van der Waals surface area contributed by atoms with Crippen molar-refractivity contribution in [2.75, 3.05) is 18.0 Å². The van der Waals surface area contributed by atoms with E-state index in [1.807, 2.05) is 17.0 Å². The van der Waals surface area contributed by atoms with Gasteiger partial charge in [0.2, 0.25) is 0 Å².